The first-order valence-corrected chi connectivity index (χ1v) is 7.08. The van der Waals surface area contributed by atoms with Crippen LogP contribution in [0.2, 0.25) is 10.0 Å². The molecule has 0 amide bonds. The van der Waals surface area contributed by atoms with Crippen LogP contribution in [0.3, 0.4) is 0 Å². The van der Waals surface area contributed by atoms with Crippen LogP contribution in [0.25, 0.3) is 0 Å². The number of halogens is 2. The molecular weight excluding hydrogens is 269 g/mol. The zero-order valence-electron chi connectivity index (χ0n) is 10.8. The first-order valence-electron chi connectivity index (χ1n) is 6.33. The standard InChI is InChI=1S/C13H19Cl2N3/c1-16-10-3-5-11(6-4-10)18(2)13-12(15)7-9(14)8-17-13/h7-8,10-11,16H,3-6H2,1-2H3. The molecule has 1 saturated carbocycles. The van der Waals surface area contributed by atoms with E-state index in [1.807, 2.05) is 7.05 Å². The second-order valence-electron chi connectivity index (χ2n) is 4.86. The quantitative estimate of drug-likeness (QED) is 0.924. The zero-order valence-corrected chi connectivity index (χ0v) is 12.3. The Balaban J connectivity index is 2.05. The average molecular weight is 288 g/mol. The van der Waals surface area contributed by atoms with Gasteiger partial charge in [-0.05, 0) is 38.8 Å². The van der Waals surface area contributed by atoms with Crippen LogP contribution in [-0.4, -0.2) is 31.2 Å². The molecule has 1 heterocycles. The third kappa shape index (κ3) is 3.08. The monoisotopic (exact) mass is 287 g/mol. The summed E-state index contributed by atoms with van der Waals surface area (Å²) in [6, 6.07) is 2.92. The van der Waals surface area contributed by atoms with Crippen molar-refractivity contribution in [1.29, 1.82) is 0 Å². The van der Waals surface area contributed by atoms with E-state index in [1.165, 1.54) is 25.7 Å². The maximum atomic E-state index is 6.20. The number of nitrogens with zero attached hydrogens (tertiary/aromatic N) is 2. The Kier molecular flexibility index (Phi) is 4.71. The van der Waals surface area contributed by atoms with Crippen LogP contribution in [0.5, 0.6) is 0 Å². The van der Waals surface area contributed by atoms with Crippen LogP contribution < -0.4 is 10.2 Å². The van der Waals surface area contributed by atoms with Crippen LogP contribution in [0.1, 0.15) is 25.7 Å². The fraction of sp³-hybridized carbons (Fsp3) is 0.615. The Bertz CT molecular complexity index is 403. The minimum Gasteiger partial charge on any atom is -0.355 e. The molecule has 18 heavy (non-hydrogen) atoms. The average Bonchev–Trinajstić information content (AvgIpc) is 2.38. The summed E-state index contributed by atoms with van der Waals surface area (Å²) in [7, 11) is 4.10. The van der Waals surface area contributed by atoms with E-state index in [0.29, 0.717) is 22.1 Å². The fourth-order valence-corrected chi connectivity index (χ4v) is 3.11. The van der Waals surface area contributed by atoms with Crippen molar-refractivity contribution in [1.82, 2.24) is 10.3 Å². The van der Waals surface area contributed by atoms with Crippen molar-refractivity contribution in [3.63, 3.8) is 0 Å². The molecule has 0 aromatic carbocycles. The predicted molar refractivity (Wildman–Crippen MR) is 77.8 cm³/mol. The van der Waals surface area contributed by atoms with Gasteiger partial charge in [-0.2, -0.15) is 0 Å². The van der Waals surface area contributed by atoms with Crippen molar-refractivity contribution in [2.75, 3.05) is 19.0 Å². The van der Waals surface area contributed by atoms with Crippen molar-refractivity contribution in [3.05, 3.63) is 22.3 Å². The molecule has 0 aliphatic heterocycles. The highest BCUT2D eigenvalue weighted by Crippen LogP contribution is 2.30. The summed E-state index contributed by atoms with van der Waals surface area (Å²) in [5.74, 6) is 0.828. The van der Waals surface area contributed by atoms with Crippen molar-refractivity contribution >= 4 is 29.0 Å². The highest BCUT2D eigenvalue weighted by Gasteiger charge is 2.24. The number of aromatic nitrogens is 1. The summed E-state index contributed by atoms with van der Waals surface area (Å²) in [6.45, 7) is 0. The summed E-state index contributed by atoms with van der Waals surface area (Å²) in [4.78, 5) is 6.52. The molecule has 0 atom stereocenters. The summed E-state index contributed by atoms with van der Waals surface area (Å²) >= 11 is 12.1. The van der Waals surface area contributed by atoms with Gasteiger partial charge in [0.1, 0.15) is 5.82 Å². The Morgan fingerprint density at radius 1 is 1.28 bits per heavy atom. The molecule has 1 N–H and O–H groups in total. The maximum absolute atomic E-state index is 6.20. The van der Waals surface area contributed by atoms with Crippen molar-refractivity contribution < 1.29 is 0 Å². The number of rotatable bonds is 3. The molecule has 0 bridgehead atoms. The van der Waals surface area contributed by atoms with Gasteiger partial charge in [-0.25, -0.2) is 4.98 Å². The second kappa shape index (κ2) is 6.09. The third-order valence-electron chi connectivity index (χ3n) is 3.78. The zero-order chi connectivity index (χ0) is 13.1. The van der Waals surface area contributed by atoms with Gasteiger partial charge >= 0.3 is 0 Å². The van der Waals surface area contributed by atoms with Crippen LogP contribution in [0.15, 0.2) is 12.3 Å². The van der Waals surface area contributed by atoms with E-state index in [1.54, 1.807) is 12.3 Å². The van der Waals surface area contributed by atoms with Gasteiger partial charge < -0.3 is 10.2 Å². The molecule has 1 fully saturated rings. The molecule has 5 heteroatoms. The largest absolute Gasteiger partial charge is 0.355 e. The number of hydrogen-bond acceptors (Lipinski definition) is 3. The van der Waals surface area contributed by atoms with Crippen LogP contribution in [0.4, 0.5) is 5.82 Å². The molecule has 0 saturated heterocycles. The van der Waals surface area contributed by atoms with E-state index < -0.39 is 0 Å². The SMILES string of the molecule is CNC1CCC(N(C)c2ncc(Cl)cc2Cl)CC1. The maximum Gasteiger partial charge on any atom is 0.147 e. The molecule has 1 aromatic heterocycles. The molecule has 0 radical (unpaired) electrons. The lowest BCUT2D eigenvalue weighted by molar-refractivity contribution is 0.350. The molecule has 1 aromatic rings. The number of hydrogen-bond donors (Lipinski definition) is 1. The summed E-state index contributed by atoms with van der Waals surface area (Å²) in [6.07, 6.45) is 6.40. The minimum atomic E-state index is 0.515. The van der Waals surface area contributed by atoms with E-state index in [9.17, 15) is 0 Å². The van der Waals surface area contributed by atoms with E-state index in [4.69, 9.17) is 23.2 Å². The lowest BCUT2D eigenvalue weighted by atomic mass is 9.90. The van der Waals surface area contributed by atoms with E-state index in [-0.39, 0.29) is 0 Å². The number of nitrogens with one attached hydrogen (secondary N) is 1. The van der Waals surface area contributed by atoms with Gasteiger partial charge in [-0.1, -0.05) is 23.2 Å². The van der Waals surface area contributed by atoms with E-state index >= 15 is 0 Å². The van der Waals surface area contributed by atoms with Crippen LogP contribution in [0, 0.1) is 0 Å². The van der Waals surface area contributed by atoms with Gasteiger partial charge in [-0.3, -0.25) is 0 Å². The molecule has 1 aliphatic rings. The van der Waals surface area contributed by atoms with Gasteiger partial charge in [0, 0.05) is 25.3 Å². The summed E-state index contributed by atoms with van der Waals surface area (Å²) in [5, 5.41) is 4.55. The van der Waals surface area contributed by atoms with Crippen molar-refractivity contribution in [2.45, 2.75) is 37.8 Å². The molecule has 1 aliphatic carbocycles. The summed E-state index contributed by atoms with van der Waals surface area (Å²) in [5.41, 5.74) is 0. The molecule has 0 unspecified atom stereocenters. The minimum absolute atomic E-state index is 0.515. The van der Waals surface area contributed by atoms with Crippen LogP contribution >= 0.6 is 23.2 Å². The normalized spacial score (nSPS) is 24.0. The number of anilines is 1. The van der Waals surface area contributed by atoms with Gasteiger partial charge in [0.25, 0.3) is 0 Å². The Hall–Kier alpha value is -0.510. The topological polar surface area (TPSA) is 28.2 Å². The highest BCUT2D eigenvalue weighted by molar-refractivity contribution is 6.36. The fourth-order valence-electron chi connectivity index (χ4n) is 2.59. The Labute approximate surface area is 118 Å². The molecule has 100 valence electrons. The van der Waals surface area contributed by atoms with E-state index in [0.717, 1.165) is 5.82 Å². The number of pyridine rings is 1. The molecule has 3 nitrogen and oxygen atoms in total. The van der Waals surface area contributed by atoms with Gasteiger partial charge in [0.05, 0.1) is 10.0 Å². The molecule has 0 spiro atoms. The summed E-state index contributed by atoms with van der Waals surface area (Å²) < 4.78 is 0. The second-order valence-corrected chi connectivity index (χ2v) is 5.71. The van der Waals surface area contributed by atoms with Gasteiger partial charge in [0.2, 0.25) is 0 Å². The smallest absolute Gasteiger partial charge is 0.147 e. The molecular formula is C13H19Cl2N3. The third-order valence-corrected chi connectivity index (χ3v) is 4.26. The Morgan fingerprint density at radius 2 is 1.94 bits per heavy atom. The van der Waals surface area contributed by atoms with E-state index in [2.05, 4.69) is 22.2 Å². The molecule has 2 rings (SSSR count). The van der Waals surface area contributed by atoms with Crippen molar-refractivity contribution in [3.8, 4) is 0 Å². The van der Waals surface area contributed by atoms with Gasteiger partial charge in [0.15, 0.2) is 0 Å². The highest BCUT2D eigenvalue weighted by atomic mass is 35.5. The van der Waals surface area contributed by atoms with Crippen molar-refractivity contribution in [2.24, 2.45) is 0 Å². The predicted octanol–water partition coefficient (Wildman–Crippen LogP) is 3.36. The lowest BCUT2D eigenvalue weighted by Gasteiger charge is -2.35. The first-order chi connectivity index (χ1) is 8.61. The lowest BCUT2D eigenvalue weighted by Crippen LogP contribution is -2.40. The van der Waals surface area contributed by atoms with Gasteiger partial charge in [-0.15, -0.1) is 0 Å². The van der Waals surface area contributed by atoms with Crippen LogP contribution in [-0.2, 0) is 0 Å². The first kappa shape index (κ1) is 13.9. The Morgan fingerprint density at radius 3 is 2.50 bits per heavy atom.